The summed E-state index contributed by atoms with van der Waals surface area (Å²) in [6.45, 7) is 9.45. The molecule has 156 valence electrons. The van der Waals surface area contributed by atoms with E-state index < -0.39 is 0 Å². The molecular formula is C22H36ClN5. The third-order valence-electron chi connectivity index (χ3n) is 6.21. The zero-order chi connectivity index (χ0) is 19.8. The quantitative estimate of drug-likeness (QED) is 0.562. The number of hydrogen-bond donors (Lipinski definition) is 2. The molecule has 0 bridgehead atoms. The second-order valence-corrected chi connectivity index (χ2v) is 8.69. The molecule has 1 aromatic carbocycles. The summed E-state index contributed by atoms with van der Waals surface area (Å²) < 4.78 is 0. The summed E-state index contributed by atoms with van der Waals surface area (Å²) in [5.74, 6) is 0.910. The molecule has 0 atom stereocenters. The van der Waals surface area contributed by atoms with Crippen LogP contribution in [0.25, 0.3) is 0 Å². The Labute approximate surface area is 175 Å². The van der Waals surface area contributed by atoms with Gasteiger partial charge < -0.3 is 15.5 Å². The summed E-state index contributed by atoms with van der Waals surface area (Å²) in [6.07, 6.45) is 6.51. The van der Waals surface area contributed by atoms with E-state index in [4.69, 9.17) is 16.6 Å². The van der Waals surface area contributed by atoms with E-state index >= 15 is 0 Å². The number of likely N-dealkylation sites (tertiary alicyclic amines) is 2. The van der Waals surface area contributed by atoms with Gasteiger partial charge >= 0.3 is 0 Å². The lowest BCUT2D eigenvalue weighted by molar-refractivity contribution is 0.0173. The number of nitrogens with zero attached hydrogens (tertiary/aromatic N) is 3. The maximum absolute atomic E-state index is 5.99. The minimum absolute atomic E-state index is 0.253. The predicted octanol–water partition coefficient (Wildman–Crippen LogP) is 3.35. The van der Waals surface area contributed by atoms with Crippen LogP contribution in [-0.2, 0) is 6.54 Å². The minimum Gasteiger partial charge on any atom is -0.357 e. The van der Waals surface area contributed by atoms with Crippen molar-refractivity contribution in [1.29, 1.82) is 0 Å². The van der Waals surface area contributed by atoms with Gasteiger partial charge in [0.25, 0.3) is 0 Å². The fourth-order valence-electron chi connectivity index (χ4n) is 4.36. The smallest absolute Gasteiger partial charge is 0.191 e. The van der Waals surface area contributed by atoms with Gasteiger partial charge in [0.15, 0.2) is 5.96 Å². The lowest BCUT2D eigenvalue weighted by Gasteiger charge is -2.50. The monoisotopic (exact) mass is 405 g/mol. The van der Waals surface area contributed by atoms with Crippen LogP contribution in [0.3, 0.4) is 0 Å². The first-order chi connectivity index (χ1) is 13.6. The Bertz CT molecular complexity index is 616. The number of piperidine rings is 2. The SMILES string of the molecule is CCNC(=NCc1ccc(Cl)cc1)NCC1(N2CCCCC2)CCN(C)CC1. The van der Waals surface area contributed by atoms with E-state index in [1.807, 2.05) is 24.3 Å². The van der Waals surface area contributed by atoms with Crippen LogP contribution in [0.5, 0.6) is 0 Å². The number of nitrogens with one attached hydrogen (secondary N) is 2. The Hall–Kier alpha value is -1.30. The van der Waals surface area contributed by atoms with Crippen LogP contribution in [-0.4, -0.2) is 67.6 Å². The van der Waals surface area contributed by atoms with Crippen LogP contribution in [0, 0.1) is 0 Å². The first-order valence-electron chi connectivity index (χ1n) is 10.8. The zero-order valence-corrected chi connectivity index (χ0v) is 18.3. The Kier molecular flexibility index (Phi) is 8.00. The van der Waals surface area contributed by atoms with Gasteiger partial charge in [0.1, 0.15) is 0 Å². The van der Waals surface area contributed by atoms with E-state index in [1.165, 1.54) is 63.8 Å². The topological polar surface area (TPSA) is 42.9 Å². The largest absolute Gasteiger partial charge is 0.357 e. The molecule has 0 unspecified atom stereocenters. The van der Waals surface area contributed by atoms with Crippen LogP contribution in [0.4, 0.5) is 0 Å². The zero-order valence-electron chi connectivity index (χ0n) is 17.5. The van der Waals surface area contributed by atoms with Crippen molar-refractivity contribution >= 4 is 17.6 Å². The Morgan fingerprint density at radius 2 is 1.71 bits per heavy atom. The van der Waals surface area contributed by atoms with Gasteiger partial charge in [0, 0.05) is 23.7 Å². The molecule has 0 radical (unpaired) electrons. The number of guanidine groups is 1. The van der Waals surface area contributed by atoms with Gasteiger partial charge in [0.2, 0.25) is 0 Å². The predicted molar refractivity (Wildman–Crippen MR) is 119 cm³/mol. The average molecular weight is 406 g/mol. The van der Waals surface area contributed by atoms with Gasteiger partial charge in [-0.05, 0) is 83.5 Å². The molecule has 2 fully saturated rings. The molecule has 0 aromatic heterocycles. The van der Waals surface area contributed by atoms with Crippen molar-refractivity contribution in [3.8, 4) is 0 Å². The number of halogens is 1. The van der Waals surface area contributed by atoms with Crippen LogP contribution < -0.4 is 10.6 Å². The van der Waals surface area contributed by atoms with Gasteiger partial charge in [-0.25, -0.2) is 4.99 Å². The highest BCUT2D eigenvalue weighted by molar-refractivity contribution is 6.30. The second kappa shape index (κ2) is 10.5. The molecule has 0 spiro atoms. The second-order valence-electron chi connectivity index (χ2n) is 8.25. The molecule has 2 heterocycles. The van der Waals surface area contributed by atoms with Gasteiger partial charge in [-0.1, -0.05) is 30.2 Å². The molecule has 0 saturated carbocycles. The highest BCUT2D eigenvalue weighted by atomic mass is 35.5. The summed E-state index contributed by atoms with van der Waals surface area (Å²) in [5.41, 5.74) is 1.43. The molecule has 28 heavy (non-hydrogen) atoms. The van der Waals surface area contributed by atoms with Gasteiger partial charge in [0.05, 0.1) is 6.54 Å². The fourth-order valence-corrected chi connectivity index (χ4v) is 4.48. The first kappa shape index (κ1) is 21.4. The fraction of sp³-hybridized carbons (Fsp3) is 0.682. The van der Waals surface area contributed by atoms with E-state index in [0.29, 0.717) is 6.54 Å². The summed E-state index contributed by atoms with van der Waals surface area (Å²) in [7, 11) is 2.24. The van der Waals surface area contributed by atoms with Crippen molar-refractivity contribution in [2.45, 2.75) is 51.1 Å². The van der Waals surface area contributed by atoms with Gasteiger partial charge in [-0.15, -0.1) is 0 Å². The van der Waals surface area contributed by atoms with E-state index in [9.17, 15) is 0 Å². The van der Waals surface area contributed by atoms with Crippen LogP contribution >= 0.6 is 11.6 Å². The van der Waals surface area contributed by atoms with Crippen LogP contribution in [0.1, 0.15) is 44.6 Å². The molecule has 0 aliphatic carbocycles. The molecule has 2 N–H and O–H groups in total. The number of rotatable bonds is 6. The van der Waals surface area contributed by atoms with Crippen LogP contribution in [0.2, 0.25) is 5.02 Å². The van der Waals surface area contributed by atoms with Crippen molar-refractivity contribution in [3.63, 3.8) is 0 Å². The number of hydrogen-bond acceptors (Lipinski definition) is 3. The first-order valence-corrected chi connectivity index (χ1v) is 11.2. The molecule has 1 aromatic rings. The van der Waals surface area contributed by atoms with Crippen molar-refractivity contribution in [3.05, 3.63) is 34.9 Å². The third-order valence-corrected chi connectivity index (χ3v) is 6.46. The Balaban J connectivity index is 1.66. The van der Waals surface area contributed by atoms with Crippen molar-refractivity contribution in [1.82, 2.24) is 20.4 Å². The van der Waals surface area contributed by atoms with Gasteiger partial charge in [-0.2, -0.15) is 0 Å². The molecule has 5 nitrogen and oxygen atoms in total. The van der Waals surface area contributed by atoms with Crippen molar-refractivity contribution in [2.75, 3.05) is 46.3 Å². The molecule has 2 aliphatic rings. The lowest BCUT2D eigenvalue weighted by atomic mass is 9.84. The van der Waals surface area contributed by atoms with Crippen molar-refractivity contribution < 1.29 is 0 Å². The van der Waals surface area contributed by atoms with Gasteiger partial charge in [-0.3, -0.25) is 4.90 Å². The summed E-state index contributed by atoms with van der Waals surface area (Å²) >= 11 is 5.99. The molecule has 0 amide bonds. The molecule has 2 saturated heterocycles. The van der Waals surface area contributed by atoms with Crippen LogP contribution in [0.15, 0.2) is 29.3 Å². The number of aliphatic imine (C=N–C) groups is 1. The van der Waals surface area contributed by atoms with E-state index in [2.05, 4.69) is 34.4 Å². The maximum Gasteiger partial charge on any atom is 0.191 e. The molecule has 3 rings (SSSR count). The maximum atomic E-state index is 5.99. The summed E-state index contributed by atoms with van der Waals surface area (Å²) in [4.78, 5) is 10.0. The minimum atomic E-state index is 0.253. The highest BCUT2D eigenvalue weighted by Gasteiger charge is 2.39. The van der Waals surface area contributed by atoms with E-state index in [1.54, 1.807) is 0 Å². The van der Waals surface area contributed by atoms with E-state index in [0.717, 1.165) is 24.1 Å². The summed E-state index contributed by atoms with van der Waals surface area (Å²) in [5, 5.41) is 7.86. The molecule has 2 aliphatic heterocycles. The highest BCUT2D eigenvalue weighted by Crippen LogP contribution is 2.30. The third kappa shape index (κ3) is 5.85. The lowest BCUT2D eigenvalue weighted by Crippen LogP contribution is -2.62. The summed E-state index contributed by atoms with van der Waals surface area (Å²) in [6, 6.07) is 7.94. The van der Waals surface area contributed by atoms with E-state index in [-0.39, 0.29) is 5.54 Å². The Morgan fingerprint density at radius 1 is 1.04 bits per heavy atom. The molecule has 6 heteroatoms. The average Bonchev–Trinajstić information content (AvgIpc) is 2.73. The normalized spacial score (nSPS) is 21.5. The number of benzene rings is 1. The Morgan fingerprint density at radius 3 is 2.36 bits per heavy atom. The standard InChI is InChI=1S/C22H36ClN5/c1-3-24-21(25-17-19-7-9-20(23)10-8-19)26-18-22(11-15-27(2)16-12-22)28-13-5-4-6-14-28/h7-10H,3-6,11-18H2,1-2H3,(H2,24,25,26). The molecular weight excluding hydrogens is 370 g/mol. The van der Waals surface area contributed by atoms with Crippen molar-refractivity contribution in [2.24, 2.45) is 4.99 Å².